The molecule has 0 bridgehead atoms. The predicted octanol–water partition coefficient (Wildman–Crippen LogP) is 3.39. The van der Waals surface area contributed by atoms with E-state index in [1.54, 1.807) is 18.0 Å². The van der Waals surface area contributed by atoms with Crippen LogP contribution >= 0.6 is 11.6 Å². The van der Waals surface area contributed by atoms with Crippen LogP contribution in [0.3, 0.4) is 0 Å². The molecule has 3 aliphatic rings. The van der Waals surface area contributed by atoms with Crippen molar-refractivity contribution in [2.75, 3.05) is 44.7 Å². The lowest BCUT2D eigenvalue weighted by atomic mass is 9.95. The Labute approximate surface area is 165 Å². The average Bonchev–Trinajstić information content (AvgIpc) is 3.20. The number of halogens is 1. The van der Waals surface area contributed by atoms with Gasteiger partial charge in [-0.1, -0.05) is 11.6 Å². The minimum Gasteiger partial charge on any atom is -0.441 e. The standard InChI is InChI=1S/C20H26ClN3O3/c1-22-14-20(27-19(22)26)7-4-11-24(12-8-20)18(25)15-5-6-17(16(21)13-15)23-9-2-3-10-23/h5-6,13H,2-4,7-12,14H2,1H3. The Morgan fingerprint density at radius 1 is 1.11 bits per heavy atom. The molecule has 3 heterocycles. The highest BCUT2D eigenvalue weighted by molar-refractivity contribution is 6.33. The van der Waals surface area contributed by atoms with Gasteiger partial charge in [0.05, 0.1) is 17.3 Å². The van der Waals surface area contributed by atoms with Crippen LogP contribution in [0.2, 0.25) is 5.02 Å². The molecule has 1 aromatic carbocycles. The number of ether oxygens (including phenoxy) is 1. The summed E-state index contributed by atoms with van der Waals surface area (Å²) >= 11 is 6.48. The Morgan fingerprint density at radius 2 is 1.89 bits per heavy atom. The van der Waals surface area contributed by atoms with Crippen molar-refractivity contribution in [3.8, 4) is 0 Å². The van der Waals surface area contributed by atoms with Crippen molar-refractivity contribution in [2.45, 2.75) is 37.7 Å². The van der Waals surface area contributed by atoms with E-state index >= 15 is 0 Å². The molecule has 3 saturated heterocycles. The van der Waals surface area contributed by atoms with Gasteiger partial charge in [-0.15, -0.1) is 0 Å². The molecule has 146 valence electrons. The molecule has 0 radical (unpaired) electrons. The quantitative estimate of drug-likeness (QED) is 0.775. The van der Waals surface area contributed by atoms with Crippen LogP contribution < -0.4 is 4.90 Å². The number of hydrogen-bond acceptors (Lipinski definition) is 4. The molecule has 3 aliphatic heterocycles. The summed E-state index contributed by atoms with van der Waals surface area (Å²) in [6, 6.07) is 5.64. The first-order valence-electron chi connectivity index (χ1n) is 9.75. The van der Waals surface area contributed by atoms with Crippen LogP contribution in [0.4, 0.5) is 10.5 Å². The first kappa shape index (κ1) is 18.4. The van der Waals surface area contributed by atoms with Gasteiger partial charge in [0.15, 0.2) is 0 Å². The van der Waals surface area contributed by atoms with Gasteiger partial charge < -0.3 is 19.4 Å². The molecule has 0 aromatic heterocycles. The van der Waals surface area contributed by atoms with Crippen molar-refractivity contribution < 1.29 is 14.3 Å². The minimum absolute atomic E-state index is 0.000370. The second kappa shape index (κ2) is 7.23. The molecule has 4 rings (SSSR count). The Balaban J connectivity index is 1.45. The maximum Gasteiger partial charge on any atom is 0.410 e. The SMILES string of the molecule is CN1CC2(CCCN(C(=O)c3ccc(N4CCCC4)c(Cl)c3)CC2)OC1=O. The zero-order chi connectivity index (χ0) is 19.0. The maximum absolute atomic E-state index is 13.0. The summed E-state index contributed by atoms with van der Waals surface area (Å²) in [6.45, 7) is 3.91. The van der Waals surface area contributed by atoms with Gasteiger partial charge in [-0.2, -0.15) is 0 Å². The van der Waals surface area contributed by atoms with Crippen LogP contribution in [0.1, 0.15) is 42.5 Å². The normalized spacial score (nSPS) is 25.9. The van der Waals surface area contributed by atoms with Gasteiger partial charge in [-0.25, -0.2) is 4.79 Å². The van der Waals surface area contributed by atoms with E-state index in [4.69, 9.17) is 16.3 Å². The molecule has 1 unspecified atom stereocenters. The molecule has 0 N–H and O–H groups in total. The van der Waals surface area contributed by atoms with Gasteiger partial charge >= 0.3 is 6.09 Å². The van der Waals surface area contributed by atoms with Crippen molar-refractivity contribution in [1.82, 2.24) is 9.80 Å². The van der Waals surface area contributed by atoms with Crippen molar-refractivity contribution >= 4 is 29.3 Å². The third kappa shape index (κ3) is 3.59. The van der Waals surface area contributed by atoms with Crippen LogP contribution in [0.15, 0.2) is 18.2 Å². The highest BCUT2D eigenvalue weighted by Gasteiger charge is 2.44. The van der Waals surface area contributed by atoms with E-state index in [1.807, 2.05) is 17.0 Å². The monoisotopic (exact) mass is 391 g/mol. The van der Waals surface area contributed by atoms with E-state index in [0.717, 1.165) is 31.6 Å². The summed E-state index contributed by atoms with van der Waals surface area (Å²) in [4.78, 5) is 30.5. The predicted molar refractivity (Wildman–Crippen MR) is 104 cm³/mol. The zero-order valence-electron chi connectivity index (χ0n) is 15.7. The van der Waals surface area contributed by atoms with Gasteiger partial charge in [0.25, 0.3) is 5.91 Å². The Bertz CT molecular complexity index is 750. The summed E-state index contributed by atoms with van der Waals surface area (Å²) in [7, 11) is 1.76. The molecule has 1 aromatic rings. The second-order valence-electron chi connectivity index (χ2n) is 7.91. The van der Waals surface area contributed by atoms with Crippen LogP contribution in [-0.2, 0) is 4.74 Å². The van der Waals surface area contributed by atoms with Gasteiger partial charge in [0, 0.05) is 45.2 Å². The lowest BCUT2D eigenvalue weighted by Crippen LogP contribution is -2.36. The molecule has 3 fully saturated rings. The molecular formula is C20H26ClN3O3. The van der Waals surface area contributed by atoms with Gasteiger partial charge in [0.1, 0.15) is 5.60 Å². The van der Waals surface area contributed by atoms with E-state index in [0.29, 0.717) is 36.6 Å². The van der Waals surface area contributed by atoms with Gasteiger partial charge in [-0.05, 0) is 43.9 Å². The fourth-order valence-corrected chi connectivity index (χ4v) is 4.76. The number of carbonyl (C=O) groups is 2. The first-order chi connectivity index (χ1) is 13.0. The molecule has 1 spiro atoms. The summed E-state index contributed by atoms with van der Waals surface area (Å²) < 4.78 is 5.63. The lowest BCUT2D eigenvalue weighted by molar-refractivity contribution is 0.0438. The topological polar surface area (TPSA) is 53.1 Å². The number of carbonyl (C=O) groups excluding carboxylic acids is 2. The maximum atomic E-state index is 13.0. The Morgan fingerprint density at radius 3 is 2.56 bits per heavy atom. The summed E-state index contributed by atoms with van der Waals surface area (Å²) in [5.41, 5.74) is 1.19. The molecule has 2 amide bonds. The fourth-order valence-electron chi connectivity index (χ4n) is 4.46. The first-order valence-corrected chi connectivity index (χ1v) is 10.1. The minimum atomic E-state index is -0.446. The Kier molecular flexibility index (Phi) is 4.93. The third-order valence-electron chi connectivity index (χ3n) is 5.97. The molecule has 27 heavy (non-hydrogen) atoms. The van der Waals surface area contributed by atoms with E-state index in [2.05, 4.69) is 4.90 Å². The highest BCUT2D eigenvalue weighted by Crippen LogP contribution is 2.34. The Hall–Kier alpha value is -1.95. The van der Waals surface area contributed by atoms with Crippen LogP contribution in [0.25, 0.3) is 0 Å². The number of anilines is 1. The number of benzene rings is 1. The van der Waals surface area contributed by atoms with Crippen molar-refractivity contribution in [1.29, 1.82) is 0 Å². The van der Waals surface area contributed by atoms with Crippen LogP contribution in [0.5, 0.6) is 0 Å². The number of likely N-dealkylation sites (N-methyl/N-ethyl adjacent to an activating group) is 1. The molecule has 7 heteroatoms. The summed E-state index contributed by atoms with van der Waals surface area (Å²) in [5, 5.41) is 0.639. The second-order valence-corrected chi connectivity index (χ2v) is 8.32. The molecule has 0 aliphatic carbocycles. The number of rotatable bonds is 2. The van der Waals surface area contributed by atoms with Gasteiger partial charge in [-0.3, -0.25) is 4.79 Å². The smallest absolute Gasteiger partial charge is 0.410 e. The number of nitrogens with zero attached hydrogens (tertiary/aromatic N) is 3. The zero-order valence-corrected chi connectivity index (χ0v) is 16.5. The number of likely N-dealkylation sites (tertiary alicyclic amines) is 1. The van der Waals surface area contributed by atoms with Crippen molar-refractivity contribution in [3.05, 3.63) is 28.8 Å². The fraction of sp³-hybridized carbons (Fsp3) is 0.600. The summed E-state index contributed by atoms with van der Waals surface area (Å²) in [5.74, 6) is -0.000370. The van der Waals surface area contributed by atoms with Crippen LogP contribution in [0, 0.1) is 0 Å². The van der Waals surface area contributed by atoms with Crippen molar-refractivity contribution in [3.63, 3.8) is 0 Å². The lowest BCUT2D eigenvalue weighted by Gasteiger charge is -2.25. The third-order valence-corrected chi connectivity index (χ3v) is 6.27. The van der Waals surface area contributed by atoms with E-state index in [9.17, 15) is 9.59 Å². The average molecular weight is 392 g/mol. The molecule has 0 saturated carbocycles. The molecular weight excluding hydrogens is 366 g/mol. The number of amides is 2. The van der Waals surface area contributed by atoms with E-state index in [1.165, 1.54) is 12.8 Å². The highest BCUT2D eigenvalue weighted by atomic mass is 35.5. The largest absolute Gasteiger partial charge is 0.441 e. The number of hydrogen-bond donors (Lipinski definition) is 0. The summed E-state index contributed by atoms with van der Waals surface area (Å²) in [6.07, 6.45) is 4.40. The van der Waals surface area contributed by atoms with E-state index in [-0.39, 0.29) is 12.0 Å². The van der Waals surface area contributed by atoms with Crippen LogP contribution in [-0.4, -0.2) is 67.2 Å². The van der Waals surface area contributed by atoms with E-state index < -0.39 is 5.60 Å². The van der Waals surface area contributed by atoms with Crippen molar-refractivity contribution in [2.24, 2.45) is 0 Å². The van der Waals surface area contributed by atoms with Gasteiger partial charge in [0.2, 0.25) is 0 Å². The molecule has 1 atom stereocenters. The molecule has 6 nitrogen and oxygen atoms in total.